The van der Waals surface area contributed by atoms with Crippen molar-refractivity contribution < 1.29 is 9.66 Å². The molecular formula is C8H8ClNO3. The van der Waals surface area contributed by atoms with Crippen LogP contribution in [-0.4, -0.2) is 12.0 Å². The van der Waals surface area contributed by atoms with Gasteiger partial charge in [-0.3, -0.25) is 10.1 Å². The average molecular weight is 202 g/mol. The predicted octanol–water partition coefficient (Wildman–Crippen LogP) is 2.57. The Labute approximate surface area is 80.2 Å². The summed E-state index contributed by atoms with van der Waals surface area (Å²) in [6.45, 7) is 1.62. The number of methoxy groups -OCH3 is 1. The first-order chi connectivity index (χ1) is 6.06. The molecule has 0 fully saturated rings. The third kappa shape index (κ3) is 1.89. The van der Waals surface area contributed by atoms with Gasteiger partial charge in [0.15, 0.2) is 0 Å². The van der Waals surface area contributed by atoms with Crippen LogP contribution < -0.4 is 4.74 Å². The Balaban J connectivity index is 3.31. The van der Waals surface area contributed by atoms with E-state index in [-0.39, 0.29) is 10.7 Å². The van der Waals surface area contributed by atoms with Gasteiger partial charge in [0.05, 0.1) is 12.0 Å². The SMILES string of the molecule is COc1cc(C)c([N+](=O)[O-])c(Cl)c1. The van der Waals surface area contributed by atoms with Crippen LogP contribution >= 0.6 is 11.6 Å². The van der Waals surface area contributed by atoms with E-state index in [0.717, 1.165) is 0 Å². The Bertz CT molecular complexity index is 328. The van der Waals surface area contributed by atoms with Gasteiger partial charge in [-0.2, -0.15) is 0 Å². The fourth-order valence-electron chi connectivity index (χ4n) is 1.05. The molecule has 0 aliphatic heterocycles. The lowest BCUT2D eigenvalue weighted by Gasteiger charge is -2.03. The van der Waals surface area contributed by atoms with Crippen molar-refractivity contribution >= 4 is 17.3 Å². The van der Waals surface area contributed by atoms with Crippen molar-refractivity contribution in [3.8, 4) is 5.75 Å². The molecule has 4 nitrogen and oxygen atoms in total. The standard InChI is InChI=1S/C8H8ClNO3/c1-5-3-6(13-2)4-7(9)8(5)10(11)12/h3-4H,1-2H3. The lowest BCUT2D eigenvalue weighted by molar-refractivity contribution is -0.385. The maximum Gasteiger partial charge on any atom is 0.291 e. The van der Waals surface area contributed by atoms with E-state index in [0.29, 0.717) is 11.3 Å². The zero-order valence-electron chi connectivity index (χ0n) is 7.20. The second-order valence-electron chi connectivity index (χ2n) is 2.53. The molecule has 1 aromatic rings. The van der Waals surface area contributed by atoms with Crippen molar-refractivity contribution in [2.45, 2.75) is 6.92 Å². The van der Waals surface area contributed by atoms with Gasteiger partial charge >= 0.3 is 0 Å². The van der Waals surface area contributed by atoms with Gasteiger partial charge in [0.25, 0.3) is 5.69 Å². The van der Waals surface area contributed by atoms with Crippen LogP contribution in [0.4, 0.5) is 5.69 Å². The van der Waals surface area contributed by atoms with Crippen LogP contribution in [0.25, 0.3) is 0 Å². The molecule has 0 amide bonds. The molecule has 5 heteroatoms. The highest BCUT2D eigenvalue weighted by Crippen LogP contribution is 2.32. The monoisotopic (exact) mass is 201 g/mol. The van der Waals surface area contributed by atoms with Gasteiger partial charge in [-0.1, -0.05) is 11.6 Å². The second kappa shape index (κ2) is 3.62. The van der Waals surface area contributed by atoms with Gasteiger partial charge in [-0.15, -0.1) is 0 Å². The summed E-state index contributed by atoms with van der Waals surface area (Å²) in [7, 11) is 1.48. The van der Waals surface area contributed by atoms with Gasteiger partial charge in [-0.05, 0) is 13.0 Å². The maximum absolute atomic E-state index is 10.5. The van der Waals surface area contributed by atoms with Crippen LogP contribution in [0.5, 0.6) is 5.75 Å². The van der Waals surface area contributed by atoms with E-state index in [1.165, 1.54) is 13.2 Å². The van der Waals surface area contributed by atoms with E-state index < -0.39 is 4.92 Å². The van der Waals surface area contributed by atoms with E-state index in [9.17, 15) is 10.1 Å². The van der Waals surface area contributed by atoms with E-state index in [1.54, 1.807) is 13.0 Å². The molecule has 0 heterocycles. The largest absolute Gasteiger partial charge is 0.497 e. The number of aryl methyl sites for hydroxylation is 1. The zero-order chi connectivity index (χ0) is 10.0. The number of hydrogen-bond donors (Lipinski definition) is 0. The third-order valence-corrected chi connectivity index (χ3v) is 1.93. The van der Waals surface area contributed by atoms with Crippen LogP contribution in [0.2, 0.25) is 5.02 Å². The van der Waals surface area contributed by atoms with Crippen LogP contribution in [0, 0.1) is 17.0 Å². The van der Waals surface area contributed by atoms with Crippen molar-refractivity contribution in [3.05, 3.63) is 32.8 Å². The molecule has 0 atom stereocenters. The molecular weight excluding hydrogens is 194 g/mol. The van der Waals surface area contributed by atoms with Crippen LogP contribution in [0.1, 0.15) is 5.56 Å². The summed E-state index contributed by atoms with van der Waals surface area (Å²) in [5, 5.41) is 10.6. The number of rotatable bonds is 2. The second-order valence-corrected chi connectivity index (χ2v) is 2.94. The Morgan fingerprint density at radius 2 is 2.15 bits per heavy atom. The molecule has 13 heavy (non-hydrogen) atoms. The molecule has 1 aromatic carbocycles. The fourth-order valence-corrected chi connectivity index (χ4v) is 1.38. The third-order valence-electron chi connectivity index (χ3n) is 1.65. The minimum atomic E-state index is -0.503. The van der Waals surface area contributed by atoms with Crippen LogP contribution in [0.3, 0.4) is 0 Å². The molecule has 0 aromatic heterocycles. The van der Waals surface area contributed by atoms with Crippen molar-refractivity contribution in [2.75, 3.05) is 7.11 Å². The minimum Gasteiger partial charge on any atom is -0.497 e. The molecule has 0 radical (unpaired) electrons. The summed E-state index contributed by atoms with van der Waals surface area (Å²) in [4.78, 5) is 10.0. The summed E-state index contributed by atoms with van der Waals surface area (Å²) in [6, 6.07) is 3.00. The quantitative estimate of drug-likeness (QED) is 0.546. The van der Waals surface area contributed by atoms with Gasteiger partial charge in [0, 0.05) is 11.6 Å². The Hall–Kier alpha value is -1.29. The summed E-state index contributed by atoms with van der Waals surface area (Å²) in [6.07, 6.45) is 0. The van der Waals surface area contributed by atoms with E-state index in [1.807, 2.05) is 0 Å². The summed E-state index contributed by atoms with van der Waals surface area (Å²) < 4.78 is 4.90. The summed E-state index contributed by atoms with van der Waals surface area (Å²) in [5.41, 5.74) is 0.428. The van der Waals surface area contributed by atoms with Crippen LogP contribution in [-0.2, 0) is 0 Å². The zero-order valence-corrected chi connectivity index (χ0v) is 7.96. The fraction of sp³-hybridized carbons (Fsp3) is 0.250. The molecule has 70 valence electrons. The van der Waals surface area contributed by atoms with E-state index in [4.69, 9.17) is 16.3 Å². The molecule has 0 bridgehead atoms. The first-order valence-electron chi connectivity index (χ1n) is 3.54. The van der Waals surface area contributed by atoms with Crippen molar-refractivity contribution in [1.29, 1.82) is 0 Å². The number of nitro benzene ring substituents is 1. The first-order valence-corrected chi connectivity index (χ1v) is 3.92. The van der Waals surface area contributed by atoms with E-state index >= 15 is 0 Å². The number of benzene rings is 1. The lowest BCUT2D eigenvalue weighted by Crippen LogP contribution is -1.94. The van der Waals surface area contributed by atoms with Crippen molar-refractivity contribution in [3.63, 3.8) is 0 Å². The van der Waals surface area contributed by atoms with Gasteiger partial charge in [0.2, 0.25) is 0 Å². The Kier molecular flexibility index (Phi) is 2.72. The minimum absolute atomic E-state index is 0.0672. The molecule has 0 N–H and O–H groups in total. The highest BCUT2D eigenvalue weighted by atomic mass is 35.5. The van der Waals surface area contributed by atoms with Gasteiger partial charge < -0.3 is 4.74 Å². The smallest absolute Gasteiger partial charge is 0.291 e. The highest BCUT2D eigenvalue weighted by Gasteiger charge is 2.17. The summed E-state index contributed by atoms with van der Waals surface area (Å²) >= 11 is 5.69. The Morgan fingerprint density at radius 3 is 2.54 bits per heavy atom. The molecule has 1 rings (SSSR count). The van der Waals surface area contributed by atoms with Gasteiger partial charge in [0.1, 0.15) is 10.8 Å². The topological polar surface area (TPSA) is 52.4 Å². The molecule has 0 aliphatic rings. The highest BCUT2D eigenvalue weighted by molar-refractivity contribution is 6.32. The number of halogens is 1. The molecule has 0 saturated heterocycles. The number of ether oxygens (including phenoxy) is 1. The summed E-state index contributed by atoms with van der Waals surface area (Å²) in [5.74, 6) is 0.521. The van der Waals surface area contributed by atoms with Crippen LogP contribution in [0.15, 0.2) is 12.1 Å². The molecule has 0 unspecified atom stereocenters. The molecule has 0 spiro atoms. The molecule has 0 aliphatic carbocycles. The van der Waals surface area contributed by atoms with Crippen molar-refractivity contribution in [1.82, 2.24) is 0 Å². The lowest BCUT2D eigenvalue weighted by atomic mass is 10.2. The van der Waals surface area contributed by atoms with Crippen molar-refractivity contribution in [2.24, 2.45) is 0 Å². The van der Waals surface area contributed by atoms with E-state index in [2.05, 4.69) is 0 Å². The first kappa shape index (κ1) is 9.80. The normalized spacial score (nSPS) is 9.77. The number of hydrogen-bond acceptors (Lipinski definition) is 3. The predicted molar refractivity (Wildman–Crippen MR) is 49.4 cm³/mol. The average Bonchev–Trinajstić information content (AvgIpc) is 2.02. The number of nitrogens with zero attached hydrogens (tertiary/aromatic N) is 1. The van der Waals surface area contributed by atoms with Gasteiger partial charge in [-0.25, -0.2) is 0 Å². The maximum atomic E-state index is 10.5. The molecule has 0 saturated carbocycles. The number of nitro groups is 1. The Morgan fingerprint density at radius 1 is 1.54 bits per heavy atom.